The van der Waals surface area contributed by atoms with Gasteiger partial charge in [-0.3, -0.25) is 4.79 Å². The van der Waals surface area contributed by atoms with Gasteiger partial charge in [-0.2, -0.15) is 13.2 Å². The Labute approximate surface area is 154 Å². The molecule has 0 bridgehead atoms. The third kappa shape index (κ3) is 6.33. The van der Waals surface area contributed by atoms with Gasteiger partial charge in [0.05, 0.1) is 5.75 Å². The summed E-state index contributed by atoms with van der Waals surface area (Å²) in [6.45, 7) is 4.71. The van der Waals surface area contributed by atoms with Crippen LogP contribution in [0.4, 0.5) is 13.2 Å². The summed E-state index contributed by atoms with van der Waals surface area (Å²) < 4.78 is 37.8. The number of halogens is 3. The molecule has 4 nitrogen and oxygen atoms in total. The van der Waals surface area contributed by atoms with Crippen molar-refractivity contribution in [3.63, 3.8) is 0 Å². The molecule has 0 saturated heterocycles. The maximum atomic E-state index is 12.6. The first-order valence-corrected chi connectivity index (χ1v) is 9.13. The molecule has 140 valence electrons. The largest absolute Gasteiger partial charge is 0.433 e. The van der Waals surface area contributed by atoms with Gasteiger partial charge in [-0.1, -0.05) is 49.9 Å². The highest BCUT2D eigenvalue weighted by atomic mass is 32.2. The molecule has 0 fully saturated rings. The molecule has 1 N–H and O–H groups in total. The molecule has 2 rings (SSSR count). The number of amides is 1. The Kier molecular flexibility index (Phi) is 7.02. The number of nitrogens with one attached hydrogen (secondary N) is 1. The fourth-order valence-electron chi connectivity index (χ4n) is 2.16. The summed E-state index contributed by atoms with van der Waals surface area (Å²) in [5.74, 6) is 0.168. The standard InChI is InChI=1S/C18H20F3N3OS/c1-12(2)14-5-3-13(4-6-14)7-9-22-16(25)11-26-17-23-10-8-15(24-17)18(19,20)21/h3-6,8,10,12H,7,9,11H2,1-2H3,(H,22,25). The molecule has 26 heavy (non-hydrogen) atoms. The van der Waals surface area contributed by atoms with Crippen molar-refractivity contribution < 1.29 is 18.0 Å². The fourth-order valence-corrected chi connectivity index (χ4v) is 2.83. The van der Waals surface area contributed by atoms with Gasteiger partial charge in [-0.25, -0.2) is 9.97 Å². The molecule has 0 atom stereocenters. The maximum absolute atomic E-state index is 12.6. The van der Waals surface area contributed by atoms with Crippen molar-refractivity contribution in [1.29, 1.82) is 0 Å². The van der Waals surface area contributed by atoms with Crippen molar-refractivity contribution in [3.05, 3.63) is 53.3 Å². The molecule has 0 radical (unpaired) electrons. The number of thioether (sulfide) groups is 1. The van der Waals surface area contributed by atoms with Crippen LogP contribution in [-0.4, -0.2) is 28.2 Å². The highest BCUT2D eigenvalue weighted by Gasteiger charge is 2.32. The van der Waals surface area contributed by atoms with Crippen LogP contribution in [0.15, 0.2) is 41.7 Å². The average molecular weight is 383 g/mol. The topological polar surface area (TPSA) is 54.9 Å². The lowest BCUT2D eigenvalue weighted by atomic mass is 10.0. The van der Waals surface area contributed by atoms with Crippen molar-refractivity contribution in [1.82, 2.24) is 15.3 Å². The van der Waals surface area contributed by atoms with E-state index in [1.807, 2.05) is 12.1 Å². The Morgan fingerprint density at radius 1 is 1.19 bits per heavy atom. The van der Waals surface area contributed by atoms with Crippen molar-refractivity contribution in [3.8, 4) is 0 Å². The predicted octanol–water partition coefficient (Wildman–Crippen LogP) is 4.07. The average Bonchev–Trinajstić information content (AvgIpc) is 2.60. The van der Waals surface area contributed by atoms with E-state index in [9.17, 15) is 18.0 Å². The highest BCUT2D eigenvalue weighted by molar-refractivity contribution is 7.99. The minimum Gasteiger partial charge on any atom is -0.355 e. The van der Waals surface area contributed by atoms with Gasteiger partial charge in [0.25, 0.3) is 0 Å². The quantitative estimate of drug-likeness (QED) is 0.578. The number of nitrogens with zero attached hydrogens (tertiary/aromatic N) is 2. The number of alkyl halides is 3. The van der Waals surface area contributed by atoms with Crippen LogP contribution in [0.5, 0.6) is 0 Å². The lowest BCUT2D eigenvalue weighted by Gasteiger charge is -2.08. The molecule has 2 aromatic rings. The number of rotatable bonds is 7. The summed E-state index contributed by atoms with van der Waals surface area (Å²) in [6.07, 6.45) is -2.79. The lowest BCUT2D eigenvalue weighted by Crippen LogP contribution is -2.27. The smallest absolute Gasteiger partial charge is 0.355 e. The van der Waals surface area contributed by atoms with Crippen molar-refractivity contribution in [2.45, 2.75) is 37.5 Å². The minimum absolute atomic E-state index is 0.0341. The SMILES string of the molecule is CC(C)c1ccc(CCNC(=O)CSc2nccc(C(F)(F)F)n2)cc1. The summed E-state index contributed by atoms with van der Waals surface area (Å²) >= 11 is 0.876. The predicted molar refractivity (Wildman–Crippen MR) is 95.0 cm³/mol. The van der Waals surface area contributed by atoms with Crippen molar-refractivity contribution in [2.24, 2.45) is 0 Å². The molecule has 1 amide bonds. The number of aromatic nitrogens is 2. The third-order valence-corrected chi connectivity index (χ3v) is 4.50. The Bertz CT molecular complexity index is 733. The van der Waals surface area contributed by atoms with E-state index >= 15 is 0 Å². The van der Waals surface area contributed by atoms with Crippen molar-refractivity contribution in [2.75, 3.05) is 12.3 Å². The minimum atomic E-state index is -4.52. The molecular formula is C18H20F3N3OS. The molecule has 0 aliphatic carbocycles. The van der Waals surface area contributed by atoms with Gasteiger partial charge in [-0.05, 0) is 29.5 Å². The Hall–Kier alpha value is -2.09. The second-order valence-electron chi connectivity index (χ2n) is 6.01. The number of hydrogen-bond donors (Lipinski definition) is 1. The monoisotopic (exact) mass is 383 g/mol. The van der Waals surface area contributed by atoms with E-state index in [2.05, 4.69) is 41.3 Å². The Balaban J connectivity index is 1.75. The van der Waals surface area contributed by atoms with Crippen LogP contribution in [0.1, 0.15) is 36.6 Å². The molecule has 0 spiro atoms. The van der Waals surface area contributed by atoms with Crippen LogP contribution < -0.4 is 5.32 Å². The fraction of sp³-hybridized carbons (Fsp3) is 0.389. The zero-order valence-corrected chi connectivity index (χ0v) is 15.3. The first-order valence-electron chi connectivity index (χ1n) is 8.14. The summed E-state index contributed by atoms with van der Waals surface area (Å²) in [4.78, 5) is 19.0. The van der Waals surface area contributed by atoms with Crippen LogP contribution in [0.25, 0.3) is 0 Å². The van der Waals surface area contributed by atoms with Crippen molar-refractivity contribution >= 4 is 17.7 Å². The van der Waals surface area contributed by atoms with Gasteiger partial charge in [-0.15, -0.1) is 0 Å². The van der Waals surface area contributed by atoms with Gasteiger partial charge in [0.1, 0.15) is 5.69 Å². The number of hydrogen-bond acceptors (Lipinski definition) is 4. The molecule has 0 aliphatic rings. The Morgan fingerprint density at radius 3 is 2.50 bits per heavy atom. The van der Waals surface area contributed by atoms with E-state index in [-0.39, 0.29) is 16.8 Å². The van der Waals surface area contributed by atoms with Gasteiger partial charge in [0.15, 0.2) is 5.16 Å². The van der Waals surface area contributed by atoms with Crippen LogP contribution in [-0.2, 0) is 17.4 Å². The lowest BCUT2D eigenvalue weighted by molar-refractivity contribution is -0.141. The van der Waals surface area contributed by atoms with Crippen LogP contribution in [0, 0.1) is 0 Å². The normalized spacial score (nSPS) is 11.6. The van der Waals surface area contributed by atoms with Gasteiger partial charge < -0.3 is 5.32 Å². The second-order valence-corrected chi connectivity index (χ2v) is 6.95. The first-order chi connectivity index (χ1) is 12.3. The summed E-state index contributed by atoms with van der Waals surface area (Å²) in [5, 5.41) is 2.68. The molecule has 0 unspecified atom stereocenters. The van der Waals surface area contributed by atoms with E-state index in [1.54, 1.807) is 0 Å². The van der Waals surface area contributed by atoms with Gasteiger partial charge >= 0.3 is 6.18 Å². The van der Waals surface area contributed by atoms with Gasteiger partial charge in [0.2, 0.25) is 5.91 Å². The molecular weight excluding hydrogens is 363 g/mol. The third-order valence-electron chi connectivity index (χ3n) is 3.64. The maximum Gasteiger partial charge on any atom is 0.433 e. The Morgan fingerprint density at radius 2 is 1.88 bits per heavy atom. The van der Waals surface area contributed by atoms with E-state index in [4.69, 9.17) is 0 Å². The summed E-state index contributed by atoms with van der Waals surface area (Å²) in [5.41, 5.74) is 1.36. The number of carbonyl (C=O) groups is 1. The molecule has 1 aromatic heterocycles. The molecule has 1 heterocycles. The second kappa shape index (κ2) is 9.02. The van der Waals surface area contributed by atoms with Crippen LogP contribution >= 0.6 is 11.8 Å². The molecule has 0 aliphatic heterocycles. The van der Waals surface area contributed by atoms with E-state index < -0.39 is 11.9 Å². The van der Waals surface area contributed by atoms with Crippen LogP contribution in [0.3, 0.4) is 0 Å². The number of benzene rings is 1. The zero-order chi connectivity index (χ0) is 19.2. The molecule has 0 saturated carbocycles. The summed E-state index contributed by atoms with van der Waals surface area (Å²) in [6, 6.07) is 9.01. The first kappa shape index (κ1) is 20.2. The van der Waals surface area contributed by atoms with E-state index in [0.29, 0.717) is 18.9 Å². The van der Waals surface area contributed by atoms with E-state index in [1.165, 1.54) is 5.56 Å². The van der Waals surface area contributed by atoms with Gasteiger partial charge in [0, 0.05) is 12.7 Å². The highest BCUT2D eigenvalue weighted by Crippen LogP contribution is 2.28. The van der Waals surface area contributed by atoms with Crippen LogP contribution in [0.2, 0.25) is 0 Å². The summed E-state index contributed by atoms with van der Waals surface area (Å²) in [7, 11) is 0. The zero-order valence-electron chi connectivity index (χ0n) is 14.5. The van der Waals surface area contributed by atoms with E-state index in [0.717, 1.165) is 29.6 Å². The number of carbonyl (C=O) groups excluding carboxylic acids is 1. The molecule has 8 heteroatoms. The molecule has 1 aromatic carbocycles.